The van der Waals surface area contributed by atoms with Crippen LogP contribution in [0.5, 0.6) is 5.75 Å². The van der Waals surface area contributed by atoms with Gasteiger partial charge in [-0.15, -0.1) is 0 Å². The van der Waals surface area contributed by atoms with Crippen molar-refractivity contribution >= 4 is 11.6 Å². The molecular formula is C35H51ClO8. The average molecular weight is 635 g/mol. The van der Waals surface area contributed by atoms with E-state index in [1.165, 1.54) is 0 Å². The minimum atomic E-state index is -1.43. The van der Waals surface area contributed by atoms with Crippen LogP contribution in [0.3, 0.4) is 0 Å². The molecule has 2 heterocycles. The number of hydrogen-bond donors (Lipinski definition) is 1. The van der Waals surface area contributed by atoms with Crippen LogP contribution in [0, 0.1) is 0 Å². The van der Waals surface area contributed by atoms with Crippen LogP contribution in [0.2, 0.25) is 5.02 Å². The Morgan fingerprint density at radius 1 is 0.841 bits per heavy atom. The van der Waals surface area contributed by atoms with E-state index in [1.807, 2.05) is 49.4 Å². The highest BCUT2D eigenvalue weighted by atomic mass is 35.5. The molecule has 8 nitrogen and oxygen atoms in total. The van der Waals surface area contributed by atoms with E-state index in [1.54, 1.807) is 7.11 Å². The summed E-state index contributed by atoms with van der Waals surface area (Å²) in [5.74, 6) is -0.607. The molecule has 2 aromatic carbocycles. The fraction of sp³-hybridized carbons (Fsp3) is 0.657. The summed E-state index contributed by atoms with van der Waals surface area (Å²) in [4.78, 5) is 0. The van der Waals surface area contributed by atoms with Gasteiger partial charge >= 0.3 is 0 Å². The highest BCUT2D eigenvalue weighted by Crippen LogP contribution is 2.55. The molecule has 6 atom stereocenters. The second kappa shape index (κ2) is 16.7. The van der Waals surface area contributed by atoms with Crippen LogP contribution in [0.15, 0.2) is 42.5 Å². The zero-order valence-corrected chi connectivity index (χ0v) is 27.8. The molecule has 2 aliphatic heterocycles. The lowest BCUT2D eigenvalue weighted by molar-refractivity contribution is -0.349. The average Bonchev–Trinajstić information content (AvgIpc) is 3.35. The smallest absolute Gasteiger partial charge is 0.228 e. The van der Waals surface area contributed by atoms with Gasteiger partial charge in [-0.05, 0) is 68.0 Å². The summed E-state index contributed by atoms with van der Waals surface area (Å²) in [5, 5.41) is 11.6. The third kappa shape index (κ3) is 7.45. The summed E-state index contributed by atoms with van der Waals surface area (Å²) in [6, 6.07) is 13.8. The molecule has 2 bridgehead atoms. The zero-order valence-electron chi connectivity index (χ0n) is 27.0. The topological polar surface area (TPSA) is 84.8 Å². The summed E-state index contributed by atoms with van der Waals surface area (Å²) in [7, 11) is 1.56. The summed E-state index contributed by atoms with van der Waals surface area (Å²) < 4.78 is 45.0. The number of aliphatic hydroxyl groups excluding tert-OH is 1. The van der Waals surface area contributed by atoms with E-state index in [2.05, 4.69) is 20.8 Å². The first-order valence-corrected chi connectivity index (χ1v) is 16.7. The van der Waals surface area contributed by atoms with Crippen molar-refractivity contribution in [2.75, 3.05) is 40.1 Å². The molecule has 9 heteroatoms. The number of methoxy groups -OCH3 is 1. The molecule has 44 heavy (non-hydrogen) atoms. The number of fused-ring (bicyclic) bond motifs is 2. The Balaban J connectivity index is 1.79. The Bertz CT molecular complexity index is 1150. The minimum absolute atomic E-state index is 0.383. The Kier molecular flexibility index (Phi) is 13.3. The first-order valence-electron chi connectivity index (χ1n) is 16.3. The number of unbranched alkanes of at least 4 members (excludes halogenated alkanes) is 3. The van der Waals surface area contributed by atoms with E-state index >= 15 is 0 Å². The summed E-state index contributed by atoms with van der Waals surface area (Å²) in [6.07, 6.45) is 3.20. The van der Waals surface area contributed by atoms with Gasteiger partial charge in [-0.25, -0.2) is 0 Å². The first-order chi connectivity index (χ1) is 21.4. The zero-order chi connectivity index (χ0) is 31.6. The third-order valence-corrected chi connectivity index (χ3v) is 8.78. The van der Waals surface area contributed by atoms with Gasteiger partial charge in [0.1, 0.15) is 24.1 Å². The quantitative estimate of drug-likeness (QED) is 0.169. The molecular weight excluding hydrogens is 584 g/mol. The maximum Gasteiger partial charge on any atom is 0.228 e. The Hall–Kier alpha value is -1.75. The number of halogens is 1. The molecule has 0 radical (unpaired) electrons. The van der Waals surface area contributed by atoms with Crippen molar-refractivity contribution in [2.45, 2.75) is 109 Å². The van der Waals surface area contributed by atoms with Crippen LogP contribution in [0.4, 0.5) is 0 Å². The van der Waals surface area contributed by atoms with Gasteiger partial charge in [0.2, 0.25) is 5.79 Å². The first kappa shape index (κ1) is 35.1. The molecule has 0 amide bonds. The highest BCUT2D eigenvalue weighted by molar-refractivity contribution is 6.31. The van der Waals surface area contributed by atoms with Gasteiger partial charge in [0.05, 0.1) is 13.2 Å². The number of rotatable bonds is 19. The second-order valence-corrected chi connectivity index (χ2v) is 12.0. The Labute approximate surface area is 268 Å². The Morgan fingerprint density at radius 2 is 1.48 bits per heavy atom. The van der Waals surface area contributed by atoms with Crippen molar-refractivity contribution in [3.05, 3.63) is 64.2 Å². The van der Waals surface area contributed by atoms with Crippen molar-refractivity contribution in [1.29, 1.82) is 0 Å². The number of aliphatic hydroxyl groups is 1. The van der Waals surface area contributed by atoms with E-state index in [4.69, 9.17) is 44.8 Å². The van der Waals surface area contributed by atoms with Gasteiger partial charge in [0, 0.05) is 37.5 Å². The predicted octanol–water partition coefficient (Wildman–Crippen LogP) is 6.80. The maximum atomic E-state index is 11.0. The van der Waals surface area contributed by atoms with Crippen molar-refractivity contribution in [2.24, 2.45) is 0 Å². The molecule has 1 N–H and O–H groups in total. The lowest BCUT2D eigenvalue weighted by Crippen LogP contribution is -2.69. The third-order valence-electron chi connectivity index (χ3n) is 8.41. The van der Waals surface area contributed by atoms with Crippen LogP contribution < -0.4 is 4.74 Å². The van der Waals surface area contributed by atoms with Crippen molar-refractivity contribution in [1.82, 2.24) is 0 Å². The largest absolute Gasteiger partial charge is 0.494 e. The molecule has 2 fully saturated rings. The molecule has 2 aromatic rings. The standard InChI is InChI=1S/C35H51ClO8/c1-6-10-19-40-30-31(41-20-11-7-2)34(24-37)33(38-5)43-35(44-34,32(30)42-21-12-8-3)27-15-18-29(36)26(23-27)22-25-13-16-28(17-14-25)39-9-4/h13-18,23,30-33,37H,6-12,19-22,24H2,1-5H3/t30-,31-,32+,33-,34+,35-/m0/s1. The van der Waals surface area contributed by atoms with E-state index in [0.717, 1.165) is 61.0 Å². The van der Waals surface area contributed by atoms with Crippen LogP contribution in [-0.2, 0) is 40.6 Å². The summed E-state index contributed by atoms with van der Waals surface area (Å²) in [6.45, 7) is 10.0. The minimum Gasteiger partial charge on any atom is -0.494 e. The van der Waals surface area contributed by atoms with Gasteiger partial charge < -0.3 is 38.3 Å². The Morgan fingerprint density at radius 3 is 2.07 bits per heavy atom. The van der Waals surface area contributed by atoms with Gasteiger partial charge in [0.15, 0.2) is 11.9 Å². The van der Waals surface area contributed by atoms with Crippen molar-refractivity contribution in [3.63, 3.8) is 0 Å². The lowest BCUT2D eigenvalue weighted by atomic mass is 9.82. The molecule has 246 valence electrons. The van der Waals surface area contributed by atoms with Gasteiger partial charge in [-0.1, -0.05) is 69.8 Å². The van der Waals surface area contributed by atoms with E-state index < -0.39 is 36.0 Å². The van der Waals surface area contributed by atoms with E-state index in [9.17, 15) is 5.11 Å². The summed E-state index contributed by atoms with van der Waals surface area (Å²) in [5.41, 5.74) is 1.38. The molecule has 2 saturated heterocycles. The van der Waals surface area contributed by atoms with E-state index in [-0.39, 0.29) is 6.61 Å². The molecule has 0 aliphatic carbocycles. The predicted molar refractivity (Wildman–Crippen MR) is 170 cm³/mol. The van der Waals surface area contributed by atoms with Crippen LogP contribution in [0.25, 0.3) is 0 Å². The second-order valence-electron chi connectivity index (χ2n) is 11.6. The number of benzene rings is 2. The SMILES string of the molecule is CCCCO[C@@H]1[C@@H](OCCCC)[C@@]2(c3ccc(Cl)c(Cc4ccc(OCC)cc4)c3)O[C@H](OC)[C@](CO)(O2)[C@H]1OCCCC. The van der Waals surface area contributed by atoms with Crippen molar-refractivity contribution in [3.8, 4) is 5.75 Å². The fourth-order valence-electron chi connectivity index (χ4n) is 6.02. The maximum absolute atomic E-state index is 11.0. The number of hydrogen-bond acceptors (Lipinski definition) is 8. The number of ether oxygens (including phenoxy) is 7. The lowest BCUT2D eigenvalue weighted by Gasteiger charge is -2.50. The molecule has 4 rings (SSSR count). The van der Waals surface area contributed by atoms with Crippen LogP contribution in [0.1, 0.15) is 82.9 Å². The van der Waals surface area contributed by atoms with Gasteiger partial charge in [-0.3, -0.25) is 0 Å². The molecule has 0 unspecified atom stereocenters. The molecule has 0 spiro atoms. The van der Waals surface area contributed by atoms with Crippen LogP contribution in [-0.4, -0.2) is 75.5 Å². The molecule has 0 saturated carbocycles. The van der Waals surface area contributed by atoms with Gasteiger partial charge in [0.25, 0.3) is 0 Å². The fourth-order valence-corrected chi connectivity index (χ4v) is 6.21. The van der Waals surface area contributed by atoms with Crippen LogP contribution >= 0.6 is 11.6 Å². The normalized spacial score (nSPS) is 28.0. The van der Waals surface area contributed by atoms with E-state index in [0.29, 0.717) is 37.9 Å². The highest BCUT2D eigenvalue weighted by Gasteiger charge is 2.73. The molecule has 2 aliphatic rings. The monoisotopic (exact) mass is 634 g/mol. The molecule has 0 aromatic heterocycles. The summed E-state index contributed by atoms with van der Waals surface area (Å²) >= 11 is 6.77. The van der Waals surface area contributed by atoms with Crippen molar-refractivity contribution < 1.29 is 38.3 Å². The van der Waals surface area contributed by atoms with Gasteiger partial charge in [-0.2, -0.15) is 0 Å².